The average Bonchev–Trinajstić information content (AvgIpc) is 3.16. The van der Waals surface area contributed by atoms with Crippen LogP contribution in [-0.2, 0) is 4.79 Å². The number of fused-ring (bicyclic) bond motifs is 1. The van der Waals surface area contributed by atoms with Gasteiger partial charge in [0.15, 0.2) is 0 Å². The van der Waals surface area contributed by atoms with Crippen LogP contribution in [0.2, 0.25) is 0 Å². The van der Waals surface area contributed by atoms with Crippen LogP contribution >= 0.6 is 0 Å². The van der Waals surface area contributed by atoms with E-state index in [0.29, 0.717) is 6.42 Å². The molecule has 144 valence electrons. The first-order valence-corrected chi connectivity index (χ1v) is 10.2. The van der Waals surface area contributed by atoms with Gasteiger partial charge in [0.05, 0.1) is 0 Å². The first-order valence-electron chi connectivity index (χ1n) is 10.2. The van der Waals surface area contributed by atoms with Crippen LogP contribution in [0.1, 0.15) is 55.8 Å². The molecule has 1 atom stereocenters. The van der Waals surface area contributed by atoms with Gasteiger partial charge in [0.1, 0.15) is 0 Å². The molecule has 5 nitrogen and oxygen atoms in total. The quantitative estimate of drug-likeness (QED) is 0.893. The first kappa shape index (κ1) is 18.1. The SMILES string of the molecule is CCCCN1C[C@@]2(CCCN(C(=O)c3ccc4[nH]ccc4c3)C2)CCC1=O. The molecule has 0 bridgehead atoms. The molecule has 2 amide bonds. The molecule has 2 aromatic rings. The number of piperidine rings is 2. The fourth-order valence-corrected chi connectivity index (χ4v) is 4.74. The first-order chi connectivity index (χ1) is 13.1. The van der Waals surface area contributed by atoms with E-state index in [1.807, 2.05) is 40.3 Å². The summed E-state index contributed by atoms with van der Waals surface area (Å²) in [7, 11) is 0. The second-order valence-electron chi connectivity index (χ2n) is 8.28. The molecule has 4 rings (SSSR count). The Bertz CT molecular complexity index is 843. The van der Waals surface area contributed by atoms with Gasteiger partial charge >= 0.3 is 0 Å². The van der Waals surface area contributed by atoms with E-state index in [2.05, 4.69) is 11.9 Å². The van der Waals surface area contributed by atoms with Gasteiger partial charge in [-0.1, -0.05) is 13.3 Å². The second-order valence-corrected chi connectivity index (χ2v) is 8.28. The van der Waals surface area contributed by atoms with E-state index < -0.39 is 0 Å². The predicted molar refractivity (Wildman–Crippen MR) is 107 cm³/mol. The number of nitrogens with one attached hydrogen (secondary N) is 1. The maximum atomic E-state index is 13.1. The third-order valence-electron chi connectivity index (χ3n) is 6.28. The van der Waals surface area contributed by atoms with Crippen molar-refractivity contribution in [2.45, 2.75) is 45.4 Å². The smallest absolute Gasteiger partial charge is 0.253 e. The molecule has 2 aliphatic rings. The van der Waals surface area contributed by atoms with Crippen molar-refractivity contribution >= 4 is 22.7 Å². The Morgan fingerprint density at radius 2 is 2.11 bits per heavy atom. The van der Waals surface area contributed by atoms with Crippen LogP contribution in [0.15, 0.2) is 30.5 Å². The van der Waals surface area contributed by atoms with Crippen molar-refractivity contribution in [3.63, 3.8) is 0 Å². The standard InChI is InChI=1S/C22H29N3O2/c1-2-3-12-24-15-22(10-7-20(24)26)9-4-13-25(16-22)21(27)18-5-6-19-17(14-18)8-11-23-19/h5-6,8,11,14,23H,2-4,7,9-10,12-13,15-16H2,1H3/t22-/m1/s1. The van der Waals surface area contributed by atoms with Gasteiger partial charge in [-0.25, -0.2) is 0 Å². The molecule has 1 aromatic heterocycles. The highest BCUT2D eigenvalue weighted by atomic mass is 16.2. The van der Waals surface area contributed by atoms with Crippen LogP contribution in [0, 0.1) is 5.41 Å². The van der Waals surface area contributed by atoms with E-state index >= 15 is 0 Å². The highest BCUT2D eigenvalue weighted by Gasteiger charge is 2.42. The van der Waals surface area contributed by atoms with Crippen molar-refractivity contribution in [2.24, 2.45) is 5.41 Å². The number of aromatic nitrogens is 1. The average molecular weight is 367 g/mol. The predicted octanol–water partition coefficient (Wildman–Crippen LogP) is 3.81. The number of hydrogen-bond acceptors (Lipinski definition) is 2. The lowest BCUT2D eigenvalue weighted by atomic mass is 9.73. The Hall–Kier alpha value is -2.30. The van der Waals surface area contributed by atoms with Gasteiger partial charge < -0.3 is 14.8 Å². The van der Waals surface area contributed by atoms with Gasteiger partial charge in [0.25, 0.3) is 5.91 Å². The molecular formula is C22H29N3O2. The molecule has 1 spiro atoms. The lowest BCUT2D eigenvalue weighted by Crippen LogP contribution is -2.55. The summed E-state index contributed by atoms with van der Waals surface area (Å²) in [5.41, 5.74) is 1.89. The summed E-state index contributed by atoms with van der Waals surface area (Å²) in [6.07, 6.45) is 7.73. The Morgan fingerprint density at radius 1 is 1.22 bits per heavy atom. The normalized spacial score (nSPS) is 23.4. The third kappa shape index (κ3) is 3.60. The molecule has 0 saturated carbocycles. The van der Waals surface area contributed by atoms with Crippen molar-refractivity contribution in [3.05, 3.63) is 36.0 Å². The highest BCUT2D eigenvalue weighted by Crippen LogP contribution is 2.39. The van der Waals surface area contributed by atoms with Crippen LogP contribution in [0.25, 0.3) is 10.9 Å². The van der Waals surface area contributed by atoms with Crippen LogP contribution in [-0.4, -0.2) is 52.8 Å². The largest absolute Gasteiger partial charge is 0.361 e. The van der Waals surface area contributed by atoms with E-state index in [1.54, 1.807) is 0 Å². The number of aromatic amines is 1. The fraction of sp³-hybridized carbons (Fsp3) is 0.545. The Labute approximate surface area is 160 Å². The molecule has 0 unspecified atom stereocenters. The molecule has 0 radical (unpaired) electrons. The summed E-state index contributed by atoms with van der Waals surface area (Å²) < 4.78 is 0. The van der Waals surface area contributed by atoms with Crippen molar-refractivity contribution in [1.82, 2.24) is 14.8 Å². The van der Waals surface area contributed by atoms with E-state index in [9.17, 15) is 9.59 Å². The Balaban J connectivity index is 1.49. The number of amides is 2. The highest BCUT2D eigenvalue weighted by molar-refractivity contribution is 5.98. The fourth-order valence-electron chi connectivity index (χ4n) is 4.74. The minimum Gasteiger partial charge on any atom is -0.361 e. The number of nitrogens with zero attached hydrogens (tertiary/aromatic N) is 2. The second kappa shape index (κ2) is 7.37. The molecule has 3 heterocycles. The van der Waals surface area contributed by atoms with Gasteiger partial charge in [-0.15, -0.1) is 0 Å². The van der Waals surface area contributed by atoms with Gasteiger partial charge in [0, 0.05) is 60.7 Å². The summed E-state index contributed by atoms with van der Waals surface area (Å²) in [4.78, 5) is 32.7. The maximum absolute atomic E-state index is 13.1. The van der Waals surface area contributed by atoms with E-state index in [4.69, 9.17) is 0 Å². The summed E-state index contributed by atoms with van der Waals surface area (Å²) in [5, 5.41) is 1.07. The van der Waals surface area contributed by atoms with Gasteiger partial charge in [-0.05, 0) is 49.9 Å². The Kier molecular flexibility index (Phi) is 4.94. The molecule has 1 N–H and O–H groups in total. The van der Waals surface area contributed by atoms with E-state index in [0.717, 1.165) is 74.7 Å². The van der Waals surface area contributed by atoms with Crippen LogP contribution in [0.3, 0.4) is 0 Å². The van der Waals surface area contributed by atoms with Crippen molar-refractivity contribution < 1.29 is 9.59 Å². The van der Waals surface area contributed by atoms with Crippen molar-refractivity contribution in [3.8, 4) is 0 Å². The maximum Gasteiger partial charge on any atom is 0.253 e. The zero-order chi connectivity index (χ0) is 18.9. The number of benzene rings is 1. The lowest BCUT2D eigenvalue weighted by molar-refractivity contribution is -0.139. The van der Waals surface area contributed by atoms with Crippen molar-refractivity contribution in [1.29, 1.82) is 0 Å². The molecule has 2 fully saturated rings. The molecule has 5 heteroatoms. The van der Waals surface area contributed by atoms with E-state index in [1.165, 1.54) is 0 Å². The van der Waals surface area contributed by atoms with Crippen molar-refractivity contribution in [2.75, 3.05) is 26.2 Å². The number of hydrogen-bond donors (Lipinski definition) is 1. The molecular weight excluding hydrogens is 338 g/mol. The molecule has 2 aliphatic heterocycles. The minimum absolute atomic E-state index is 0.0771. The Morgan fingerprint density at radius 3 is 2.96 bits per heavy atom. The summed E-state index contributed by atoms with van der Waals surface area (Å²) in [5.74, 6) is 0.407. The zero-order valence-corrected chi connectivity index (χ0v) is 16.2. The van der Waals surface area contributed by atoms with Gasteiger partial charge in [0.2, 0.25) is 5.91 Å². The number of H-pyrrole nitrogens is 1. The summed E-state index contributed by atoms with van der Waals surface area (Å²) >= 11 is 0. The molecule has 2 saturated heterocycles. The third-order valence-corrected chi connectivity index (χ3v) is 6.28. The van der Waals surface area contributed by atoms with Crippen LogP contribution in [0.4, 0.5) is 0 Å². The zero-order valence-electron chi connectivity index (χ0n) is 16.2. The number of carbonyl (C=O) groups excluding carboxylic acids is 2. The number of likely N-dealkylation sites (tertiary alicyclic amines) is 2. The topological polar surface area (TPSA) is 56.4 Å². The summed E-state index contributed by atoms with van der Waals surface area (Å²) in [6, 6.07) is 7.88. The molecule has 1 aromatic carbocycles. The monoisotopic (exact) mass is 367 g/mol. The van der Waals surface area contributed by atoms with Crippen LogP contribution in [0.5, 0.6) is 0 Å². The molecule has 27 heavy (non-hydrogen) atoms. The number of rotatable bonds is 4. The van der Waals surface area contributed by atoms with Crippen LogP contribution < -0.4 is 0 Å². The lowest BCUT2D eigenvalue weighted by Gasteiger charge is -2.48. The minimum atomic E-state index is 0.0771. The van der Waals surface area contributed by atoms with Gasteiger partial charge in [-0.2, -0.15) is 0 Å². The number of unbranched alkanes of at least 4 members (excludes halogenated alkanes) is 1. The molecule has 0 aliphatic carbocycles. The number of carbonyl (C=O) groups is 2. The van der Waals surface area contributed by atoms with E-state index in [-0.39, 0.29) is 17.2 Å². The van der Waals surface area contributed by atoms with Gasteiger partial charge in [-0.3, -0.25) is 9.59 Å². The summed E-state index contributed by atoms with van der Waals surface area (Å²) in [6.45, 7) is 5.41.